The van der Waals surface area contributed by atoms with Gasteiger partial charge in [0.1, 0.15) is 5.76 Å². The lowest BCUT2D eigenvalue weighted by atomic mass is 10.2. The maximum Gasteiger partial charge on any atom is 0.276 e. The first-order valence-corrected chi connectivity index (χ1v) is 7.03. The Kier molecular flexibility index (Phi) is 4.87. The Balaban J connectivity index is 0.00000176. The van der Waals surface area contributed by atoms with Gasteiger partial charge in [-0.15, -0.1) is 12.4 Å². The Hall–Kier alpha value is -1.86. The molecule has 2 aromatic rings. The average molecular weight is 326 g/mol. The van der Waals surface area contributed by atoms with Crippen LogP contribution in [-0.2, 0) is 7.05 Å². The topological polar surface area (TPSA) is 76.2 Å². The number of amides is 1. The van der Waals surface area contributed by atoms with Crippen molar-refractivity contribution in [1.82, 2.24) is 25.0 Å². The summed E-state index contributed by atoms with van der Waals surface area (Å²) < 4.78 is 7.30. The van der Waals surface area contributed by atoms with Crippen molar-refractivity contribution in [2.75, 3.05) is 19.6 Å². The number of aromatic nitrogens is 3. The molecule has 0 radical (unpaired) electrons. The Bertz CT molecular complexity index is 666. The quantitative estimate of drug-likeness (QED) is 0.899. The van der Waals surface area contributed by atoms with Crippen LogP contribution in [0, 0.1) is 6.92 Å². The smallest absolute Gasteiger partial charge is 0.276 e. The van der Waals surface area contributed by atoms with Crippen molar-refractivity contribution in [3.8, 4) is 11.5 Å². The Morgan fingerprint density at radius 2 is 2.27 bits per heavy atom. The zero-order valence-electron chi connectivity index (χ0n) is 12.9. The van der Waals surface area contributed by atoms with Crippen molar-refractivity contribution in [3.63, 3.8) is 0 Å². The number of halogens is 1. The van der Waals surface area contributed by atoms with E-state index >= 15 is 0 Å². The van der Waals surface area contributed by atoms with Crippen molar-refractivity contribution in [3.05, 3.63) is 23.8 Å². The van der Waals surface area contributed by atoms with Crippen LogP contribution >= 0.6 is 12.4 Å². The summed E-state index contributed by atoms with van der Waals surface area (Å²) in [6.45, 7) is 6.02. The third-order valence-electron chi connectivity index (χ3n) is 3.61. The summed E-state index contributed by atoms with van der Waals surface area (Å²) in [6, 6.07) is 0.299. The van der Waals surface area contributed by atoms with Gasteiger partial charge in [-0.25, -0.2) is 4.98 Å². The number of hydrogen-bond acceptors (Lipinski definition) is 5. The minimum Gasteiger partial charge on any atom is -0.440 e. The Morgan fingerprint density at radius 3 is 2.91 bits per heavy atom. The van der Waals surface area contributed by atoms with E-state index < -0.39 is 0 Å². The predicted octanol–water partition coefficient (Wildman–Crippen LogP) is 1.24. The van der Waals surface area contributed by atoms with Gasteiger partial charge in [-0.1, -0.05) is 0 Å². The molecule has 0 aliphatic carbocycles. The number of rotatable bonds is 2. The molecule has 0 aromatic carbocycles. The first-order chi connectivity index (χ1) is 10.0. The van der Waals surface area contributed by atoms with Crippen LogP contribution in [0.3, 0.4) is 0 Å². The van der Waals surface area contributed by atoms with Gasteiger partial charge in [0.05, 0.1) is 11.8 Å². The van der Waals surface area contributed by atoms with Crippen LogP contribution in [0.5, 0.6) is 0 Å². The molecule has 1 aliphatic heterocycles. The summed E-state index contributed by atoms with van der Waals surface area (Å²) in [7, 11) is 1.83. The van der Waals surface area contributed by atoms with Crippen LogP contribution in [0.15, 0.2) is 16.8 Å². The molecule has 120 valence electrons. The summed E-state index contributed by atoms with van der Waals surface area (Å²) in [5.74, 6) is 0.914. The number of aryl methyl sites for hydroxylation is 2. The van der Waals surface area contributed by atoms with Gasteiger partial charge < -0.3 is 14.6 Å². The molecule has 0 bridgehead atoms. The number of carbonyl (C=O) groups is 1. The minimum absolute atomic E-state index is 0. The molecule has 1 N–H and O–H groups in total. The fourth-order valence-corrected chi connectivity index (χ4v) is 2.52. The van der Waals surface area contributed by atoms with Crippen LogP contribution in [0.2, 0.25) is 0 Å². The first-order valence-electron chi connectivity index (χ1n) is 7.03. The molecule has 0 spiro atoms. The van der Waals surface area contributed by atoms with Crippen LogP contribution in [0.25, 0.3) is 11.5 Å². The van der Waals surface area contributed by atoms with E-state index in [-0.39, 0.29) is 18.3 Å². The van der Waals surface area contributed by atoms with E-state index in [1.54, 1.807) is 17.8 Å². The van der Waals surface area contributed by atoms with Crippen LogP contribution in [-0.4, -0.2) is 51.2 Å². The van der Waals surface area contributed by atoms with Crippen molar-refractivity contribution in [2.24, 2.45) is 7.05 Å². The van der Waals surface area contributed by atoms with E-state index in [4.69, 9.17) is 4.42 Å². The molecule has 7 nitrogen and oxygen atoms in total. The predicted molar refractivity (Wildman–Crippen MR) is 84.1 cm³/mol. The van der Waals surface area contributed by atoms with E-state index in [0.29, 0.717) is 36.5 Å². The zero-order valence-corrected chi connectivity index (χ0v) is 13.7. The molecule has 22 heavy (non-hydrogen) atoms. The van der Waals surface area contributed by atoms with Gasteiger partial charge in [0, 0.05) is 38.9 Å². The molecule has 3 rings (SSSR count). The summed E-state index contributed by atoms with van der Waals surface area (Å²) in [5, 5.41) is 7.41. The maximum atomic E-state index is 12.6. The number of piperazine rings is 1. The number of oxazole rings is 1. The molecule has 8 heteroatoms. The lowest BCUT2D eigenvalue weighted by Gasteiger charge is -2.31. The van der Waals surface area contributed by atoms with Crippen molar-refractivity contribution < 1.29 is 9.21 Å². The third kappa shape index (κ3) is 3.15. The monoisotopic (exact) mass is 325 g/mol. The fourth-order valence-electron chi connectivity index (χ4n) is 2.52. The van der Waals surface area contributed by atoms with Crippen molar-refractivity contribution in [1.29, 1.82) is 0 Å². The van der Waals surface area contributed by atoms with E-state index in [9.17, 15) is 4.79 Å². The number of carbonyl (C=O) groups excluding carboxylic acids is 1. The molecule has 1 atom stereocenters. The molecule has 1 unspecified atom stereocenters. The maximum absolute atomic E-state index is 12.6. The molecule has 1 fully saturated rings. The standard InChI is InChI=1S/C14H19N5O2.ClH/c1-9-7-19(5-4-15-9)14(20)12-10(2)21-13(17-12)11-6-16-18(3)8-11;/h6,8-9,15H,4-5,7H2,1-3H3;1H. The molecule has 1 saturated heterocycles. The Morgan fingerprint density at radius 1 is 1.50 bits per heavy atom. The highest BCUT2D eigenvalue weighted by atomic mass is 35.5. The highest BCUT2D eigenvalue weighted by Gasteiger charge is 2.26. The molecular formula is C14H20ClN5O2. The third-order valence-corrected chi connectivity index (χ3v) is 3.61. The number of hydrogen-bond donors (Lipinski definition) is 1. The fraction of sp³-hybridized carbons (Fsp3) is 0.500. The lowest BCUT2D eigenvalue weighted by molar-refractivity contribution is 0.0702. The second-order valence-electron chi connectivity index (χ2n) is 5.43. The summed E-state index contributed by atoms with van der Waals surface area (Å²) in [4.78, 5) is 18.8. The van der Waals surface area contributed by atoms with Crippen molar-refractivity contribution in [2.45, 2.75) is 19.9 Å². The normalized spacial score (nSPS) is 18.1. The average Bonchev–Trinajstić information content (AvgIpc) is 3.04. The SMILES string of the molecule is Cc1oc(-c2cnn(C)c2)nc1C(=O)N1CCNC(C)C1.Cl. The van der Waals surface area contributed by atoms with Gasteiger partial charge in [-0.2, -0.15) is 5.10 Å². The molecule has 1 aliphatic rings. The molecule has 1 amide bonds. The number of nitrogens with one attached hydrogen (secondary N) is 1. The van der Waals surface area contributed by atoms with E-state index in [2.05, 4.69) is 22.3 Å². The van der Waals surface area contributed by atoms with Gasteiger partial charge in [0.15, 0.2) is 5.69 Å². The molecule has 3 heterocycles. The summed E-state index contributed by atoms with van der Waals surface area (Å²) in [5.41, 5.74) is 1.16. The second kappa shape index (κ2) is 6.50. The first kappa shape index (κ1) is 16.5. The van der Waals surface area contributed by atoms with Gasteiger partial charge in [-0.3, -0.25) is 9.48 Å². The van der Waals surface area contributed by atoms with E-state index in [0.717, 1.165) is 12.1 Å². The van der Waals surface area contributed by atoms with E-state index in [1.165, 1.54) is 0 Å². The van der Waals surface area contributed by atoms with Gasteiger partial charge in [0.2, 0.25) is 5.89 Å². The van der Waals surface area contributed by atoms with Crippen LogP contribution in [0.1, 0.15) is 23.2 Å². The minimum atomic E-state index is -0.0697. The van der Waals surface area contributed by atoms with Gasteiger partial charge >= 0.3 is 0 Å². The lowest BCUT2D eigenvalue weighted by Crippen LogP contribution is -2.51. The molecule has 0 saturated carbocycles. The van der Waals surface area contributed by atoms with Gasteiger partial charge in [-0.05, 0) is 13.8 Å². The highest BCUT2D eigenvalue weighted by Crippen LogP contribution is 2.22. The molecular weight excluding hydrogens is 306 g/mol. The number of nitrogens with zero attached hydrogens (tertiary/aromatic N) is 4. The summed E-state index contributed by atoms with van der Waals surface area (Å²) >= 11 is 0. The second-order valence-corrected chi connectivity index (χ2v) is 5.43. The van der Waals surface area contributed by atoms with Crippen molar-refractivity contribution >= 4 is 18.3 Å². The largest absolute Gasteiger partial charge is 0.440 e. The van der Waals surface area contributed by atoms with Crippen LogP contribution < -0.4 is 5.32 Å². The van der Waals surface area contributed by atoms with E-state index in [1.807, 2.05) is 18.1 Å². The summed E-state index contributed by atoms with van der Waals surface area (Å²) in [6.07, 6.45) is 3.48. The highest BCUT2D eigenvalue weighted by molar-refractivity contribution is 5.93. The van der Waals surface area contributed by atoms with Gasteiger partial charge in [0.25, 0.3) is 5.91 Å². The molecule has 2 aromatic heterocycles. The Labute approximate surface area is 135 Å². The van der Waals surface area contributed by atoms with Crippen LogP contribution in [0.4, 0.5) is 0 Å². The zero-order chi connectivity index (χ0) is 15.0.